The van der Waals surface area contributed by atoms with Crippen LogP contribution < -0.4 is 14.8 Å². The molecular formula is C16H16INO3. The lowest BCUT2D eigenvalue weighted by atomic mass is 10.3. The first-order valence-corrected chi connectivity index (χ1v) is 7.65. The molecule has 0 heterocycles. The molecule has 0 spiro atoms. The molecule has 0 aliphatic rings. The minimum Gasteiger partial charge on any atom is -0.492 e. The van der Waals surface area contributed by atoms with E-state index in [2.05, 4.69) is 27.9 Å². The first-order chi connectivity index (χ1) is 10.2. The molecule has 1 N–H and O–H groups in total. The lowest BCUT2D eigenvalue weighted by Gasteiger charge is -2.09. The van der Waals surface area contributed by atoms with Crippen LogP contribution in [0.4, 0.5) is 0 Å². The van der Waals surface area contributed by atoms with Crippen LogP contribution in [-0.4, -0.2) is 25.7 Å². The van der Waals surface area contributed by atoms with Gasteiger partial charge in [0.2, 0.25) is 0 Å². The largest absolute Gasteiger partial charge is 0.492 e. The molecule has 0 saturated carbocycles. The number of nitrogens with one attached hydrogen (secondary N) is 1. The van der Waals surface area contributed by atoms with Crippen LogP contribution in [-0.2, 0) is 4.79 Å². The van der Waals surface area contributed by atoms with Crippen LogP contribution in [0, 0.1) is 3.57 Å². The number of rotatable bonds is 7. The lowest BCUT2D eigenvalue weighted by molar-refractivity contribution is -0.123. The molecule has 0 unspecified atom stereocenters. The van der Waals surface area contributed by atoms with Crippen LogP contribution in [0.5, 0.6) is 11.5 Å². The molecule has 0 fully saturated rings. The highest BCUT2D eigenvalue weighted by Crippen LogP contribution is 2.13. The molecule has 0 aliphatic carbocycles. The summed E-state index contributed by atoms with van der Waals surface area (Å²) in [6.45, 7) is 0.884. The molecule has 2 aromatic carbocycles. The van der Waals surface area contributed by atoms with E-state index in [1.807, 2.05) is 54.6 Å². The van der Waals surface area contributed by atoms with Gasteiger partial charge in [-0.15, -0.1) is 0 Å². The van der Waals surface area contributed by atoms with Gasteiger partial charge >= 0.3 is 0 Å². The fraction of sp³-hybridized carbons (Fsp3) is 0.188. The second kappa shape index (κ2) is 8.51. The van der Waals surface area contributed by atoms with Crippen molar-refractivity contribution in [3.05, 3.63) is 58.2 Å². The Morgan fingerprint density at radius 2 is 1.62 bits per heavy atom. The zero-order valence-electron chi connectivity index (χ0n) is 11.4. The van der Waals surface area contributed by atoms with Crippen LogP contribution in [0.3, 0.4) is 0 Å². The maximum atomic E-state index is 11.6. The van der Waals surface area contributed by atoms with Gasteiger partial charge in [-0.2, -0.15) is 0 Å². The van der Waals surface area contributed by atoms with Gasteiger partial charge in [-0.3, -0.25) is 4.79 Å². The number of hydrogen-bond acceptors (Lipinski definition) is 3. The van der Waals surface area contributed by atoms with E-state index < -0.39 is 0 Å². The third-order valence-corrected chi connectivity index (χ3v) is 3.34. The molecule has 0 aromatic heterocycles. The van der Waals surface area contributed by atoms with E-state index in [4.69, 9.17) is 9.47 Å². The standard InChI is InChI=1S/C16H16INO3/c17-13-6-8-15(9-7-13)21-12-16(19)18-10-11-20-14-4-2-1-3-5-14/h1-9H,10-12H2,(H,18,19). The first kappa shape index (κ1) is 15.6. The van der Waals surface area contributed by atoms with E-state index in [-0.39, 0.29) is 12.5 Å². The SMILES string of the molecule is O=C(COc1ccc(I)cc1)NCCOc1ccccc1. The highest BCUT2D eigenvalue weighted by atomic mass is 127. The Hall–Kier alpha value is -1.76. The van der Waals surface area contributed by atoms with Crippen LogP contribution >= 0.6 is 22.6 Å². The van der Waals surface area contributed by atoms with Gasteiger partial charge < -0.3 is 14.8 Å². The number of benzene rings is 2. The third-order valence-electron chi connectivity index (χ3n) is 2.62. The fourth-order valence-corrected chi connectivity index (χ4v) is 1.97. The second-order valence-corrected chi connectivity index (χ2v) is 5.50. The molecule has 2 aromatic rings. The van der Waals surface area contributed by atoms with Gasteiger partial charge in [0.1, 0.15) is 18.1 Å². The predicted octanol–water partition coefficient (Wildman–Crippen LogP) is 2.87. The van der Waals surface area contributed by atoms with Crippen LogP contribution in [0.2, 0.25) is 0 Å². The van der Waals surface area contributed by atoms with E-state index in [0.29, 0.717) is 18.9 Å². The van der Waals surface area contributed by atoms with Gasteiger partial charge in [0.15, 0.2) is 6.61 Å². The fourth-order valence-electron chi connectivity index (χ4n) is 1.61. The maximum absolute atomic E-state index is 11.6. The summed E-state index contributed by atoms with van der Waals surface area (Å²) in [6.07, 6.45) is 0. The minimum atomic E-state index is -0.162. The van der Waals surface area contributed by atoms with Crippen LogP contribution in [0.1, 0.15) is 0 Å². The topological polar surface area (TPSA) is 47.6 Å². The van der Waals surface area contributed by atoms with Crippen molar-refractivity contribution >= 4 is 28.5 Å². The average molecular weight is 397 g/mol. The second-order valence-electron chi connectivity index (χ2n) is 4.25. The lowest BCUT2D eigenvalue weighted by Crippen LogP contribution is -2.32. The third kappa shape index (κ3) is 6.03. The monoisotopic (exact) mass is 397 g/mol. The Bertz CT molecular complexity index is 557. The summed E-state index contributed by atoms with van der Waals surface area (Å²) in [6, 6.07) is 17.0. The smallest absolute Gasteiger partial charge is 0.258 e. The Balaban J connectivity index is 1.60. The molecule has 1 amide bonds. The summed E-state index contributed by atoms with van der Waals surface area (Å²) >= 11 is 2.22. The van der Waals surface area contributed by atoms with Crippen molar-refractivity contribution in [1.29, 1.82) is 0 Å². The molecule has 0 saturated heterocycles. The summed E-state index contributed by atoms with van der Waals surface area (Å²) in [7, 11) is 0. The Kier molecular flexibility index (Phi) is 6.33. The molecule has 0 atom stereocenters. The molecule has 0 radical (unpaired) electrons. The number of carbonyl (C=O) groups excluding carboxylic acids is 1. The van der Waals surface area contributed by atoms with Crippen molar-refractivity contribution in [1.82, 2.24) is 5.32 Å². The molecule has 110 valence electrons. The molecule has 5 heteroatoms. The number of para-hydroxylation sites is 1. The van der Waals surface area contributed by atoms with E-state index in [1.54, 1.807) is 0 Å². The van der Waals surface area contributed by atoms with Crippen molar-refractivity contribution in [3.63, 3.8) is 0 Å². The van der Waals surface area contributed by atoms with Crippen molar-refractivity contribution in [3.8, 4) is 11.5 Å². The highest BCUT2D eigenvalue weighted by molar-refractivity contribution is 14.1. The molecular weight excluding hydrogens is 381 g/mol. The normalized spacial score (nSPS) is 9.95. The van der Waals surface area contributed by atoms with Crippen LogP contribution in [0.15, 0.2) is 54.6 Å². The summed E-state index contributed by atoms with van der Waals surface area (Å²) in [5, 5.41) is 2.74. The van der Waals surface area contributed by atoms with Gasteiger partial charge in [0.05, 0.1) is 6.54 Å². The van der Waals surface area contributed by atoms with Crippen LogP contribution in [0.25, 0.3) is 0 Å². The number of amides is 1. The summed E-state index contributed by atoms with van der Waals surface area (Å²) < 4.78 is 12.0. The van der Waals surface area contributed by atoms with E-state index in [1.165, 1.54) is 0 Å². The maximum Gasteiger partial charge on any atom is 0.258 e. The first-order valence-electron chi connectivity index (χ1n) is 6.57. The van der Waals surface area contributed by atoms with E-state index >= 15 is 0 Å². The summed E-state index contributed by atoms with van der Waals surface area (Å²) in [5.41, 5.74) is 0. The van der Waals surface area contributed by atoms with Crippen molar-refractivity contribution in [2.24, 2.45) is 0 Å². The van der Waals surface area contributed by atoms with Gasteiger partial charge in [-0.1, -0.05) is 18.2 Å². The van der Waals surface area contributed by atoms with Gasteiger partial charge in [-0.25, -0.2) is 0 Å². The predicted molar refractivity (Wildman–Crippen MR) is 89.6 cm³/mol. The quantitative estimate of drug-likeness (QED) is 0.578. The summed E-state index contributed by atoms with van der Waals surface area (Å²) in [5.74, 6) is 1.32. The minimum absolute atomic E-state index is 0.00588. The molecule has 0 bridgehead atoms. The molecule has 2 rings (SSSR count). The Labute approximate surface area is 137 Å². The number of ether oxygens (including phenoxy) is 2. The van der Waals surface area contributed by atoms with Crippen molar-refractivity contribution in [2.45, 2.75) is 0 Å². The summed E-state index contributed by atoms with van der Waals surface area (Å²) in [4.78, 5) is 11.6. The Morgan fingerprint density at radius 3 is 2.33 bits per heavy atom. The van der Waals surface area contributed by atoms with Gasteiger partial charge in [-0.05, 0) is 59.0 Å². The van der Waals surface area contributed by atoms with Crippen molar-refractivity contribution in [2.75, 3.05) is 19.8 Å². The highest BCUT2D eigenvalue weighted by Gasteiger charge is 2.02. The van der Waals surface area contributed by atoms with E-state index in [9.17, 15) is 4.79 Å². The van der Waals surface area contributed by atoms with Crippen molar-refractivity contribution < 1.29 is 14.3 Å². The molecule has 4 nitrogen and oxygen atoms in total. The number of hydrogen-bond donors (Lipinski definition) is 1. The average Bonchev–Trinajstić information content (AvgIpc) is 2.52. The van der Waals surface area contributed by atoms with Gasteiger partial charge in [0, 0.05) is 3.57 Å². The van der Waals surface area contributed by atoms with Gasteiger partial charge in [0.25, 0.3) is 5.91 Å². The number of halogens is 1. The molecule has 21 heavy (non-hydrogen) atoms. The molecule has 0 aliphatic heterocycles. The zero-order chi connectivity index (χ0) is 14.9. The van der Waals surface area contributed by atoms with E-state index in [0.717, 1.165) is 9.32 Å². The Morgan fingerprint density at radius 1 is 0.952 bits per heavy atom. The zero-order valence-corrected chi connectivity index (χ0v) is 13.6. The number of carbonyl (C=O) groups is 1.